The summed E-state index contributed by atoms with van der Waals surface area (Å²) in [6, 6.07) is 12.3. The quantitative estimate of drug-likeness (QED) is 0.917. The normalized spacial score (nSPS) is 11.9. The first-order chi connectivity index (χ1) is 9.56. The molecule has 1 N–H and O–H groups in total. The molecular weight excluding hydrogens is 283 g/mol. The number of rotatable bonds is 5. The molecule has 0 saturated carbocycles. The maximum absolute atomic E-state index is 12.8. The van der Waals surface area contributed by atoms with Gasteiger partial charge in [0.1, 0.15) is 11.6 Å². The zero-order chi connectivity index (χ0) is 14.5. The van der Waals surface area contributed by atoms with E-state index < -0.39 is 12.1 Å². The van der Waals surface area contributed by atoms with Crippen LogP contribution < -0.4 is 4.74 Å². The molecule has 2 aromatic rings. The van der Waals surface area contributed by atoms with E-state index in [0.717, 1.165) is 0 Å². The number of para-hydroxylation sites is 1. The van der Waals surface area contributed by atoms with Crippen molar-refractivity contribution in [1.29, 1.82) is 0 Å². The van der Waals surface area contributed by atoms with Crippen LogP contribution in [-0.4, -0.2) is 17.2 Å². The summed E-state index contributed by atoms with van der Waals surface area (Å²) in [6.45, 7) is 0. The second-order valence-electron chi connectivity index (χ2n) is 4.21. The van der Waals surface area contributed by atoms with Crippen molar-refractivity contribution in [3.63, 3.8) is 0 Å². The molecule has 5 heteroatoms. The molecule has 0 radical (unpaired) electrons. The van der Waals surface area contributed by atoms with Crippen LogP contribution in [0.25, 0.3) is 0 Å². The fourth-order valence-corrected chi connectivity index (χ4v) is 1.89. The number of carboxylic acids is 1. The third-order valence-corrected chi connectivity index (χ3v) is 3.03. The minimum Gasteiger partial charge on any atom is -0.478 e. The lowest BCUT2D eigenvalue weighted by atomic mass is 10.1. The van der Waals surface area contributed by atoms with Gasteiger partial charge < -0.3 is 9.84 Å². The van der Waals surface area contributed by atoms with Crippen LogP contribution in [0.2, 0.25) is 5.02 Å². The molecular formula is C15H12ClFO3. The lowest BCUT2D eigenvalue weighted by Crippen LogP contribution is -2.29. The van der Waals surface area contributed by atoms with Crippen LogP contribution >= 0.6 is 11.6 Å². The smallest absolute Gasteiger partial charge is 0.345 e. The van der Waals surface area contributed by atoms with Crippen LogP contribution in [0, 0.1) is 5.82 Å². The summed E-state index contributed by atoms with van der Waals surface area (Å²) in [5, 5.41) is 9.54. The molecule has 0 aromatic heterocycles. The molecule has 0 unspecified atom stereocenters. The zero-order valence-corrected chi connectivity index (χ0v) is 11.2. The van der Waals surface area contributed by atoms with Crippen LogP contribution in [0.3, 0.4) is 0 Å². The molecule has 104 valence electrons. The topological polar surface area (TPSA) is 46.5 Å². The Hall–Kier alpha value is -2.07. The number of ether oxygens (including phenoxy) is 1. The molecule has 0 aliphatic heterocycles. The van der Waals surface area contributed by atoms with Crippen molar-refractivity contribution in [2.45, 2.75) is 12.5 Å². The van der Waals surface area contributed by atoms with Crippen LogP contribution in [0.15, 0.2) is 48.5 Å². The molecule has 3 nitrogen and oxygen atoms in total. The molecule has 0 saturated heterocycles. The Morgan fingerprint density at radius 3 is 2.45 bits per heavy atom. The molecule has 1 atom stereocenters. The summed E-state index contributed by atoms with van der Waals surface area (Å²) < 4.78 is 18.2. The lowest BCUT2D eigenvalue weighted by molar-refractivity contribution is -0.145. The lowest BCUT2D eigenvalue weighted by Gasteiger charge is -2.16. The van der Waals surface area contributed by atoms with Crippen molar-refractivity contribution in [3.8, 4) is 5.75 Å². The second kappa shape index (κ2) is 6.39. The molecule has 0 aliphatic carbocycles. The standard InChI is InChI=1S/C15H12ClFO3/c16-12-3-1-2-4-13(12)20-14(15(18)19)9-10-5-7-11(17)8-6-10/h1-8,14H,9H2,(H,18,19)/t14-/m0/s1. The Morgan fingerprint density at radius 1 is 1.20 bits per heavy atom. The average Bonchev–Trinajstić information content (AvgIpc) is 2.42. The van der Waals surface area contributed by atoms with Gasteiger partial charge in [0.15, 0.2) is 6.10 Å². The SMILES string of the molecule is O=C(O)[C@H](Cc1ccc(F)cc1)Oc1ccccc1Cl. The summed E-state index contributed by atoms with van der Waals surface area (Å²) in [6.07, 6.45) is -0.957. The van der Waals surface area contributed by atoms with E-state index in [-0.39, 0.29) is 12.2 Å². The van der Waals surface area contributed by atoms with E-state index in [1.165, 1.54) is 24.3 Å². The molecule has 2 rings (SSSR count). The van der Waals surface area contributed by atoms with Gasteiger partial charge in [0.2, 0.25) is 0 Å². The third kappa shape index (κ3) is 3.71. The molecule has 20 heavy (non-hydrogen) atoms. The minimum atomic E-state index is -1.10. The van der Waals surface area contributed by atoms with E-state index in [2.05, 4.69) is 0 Å². The van der Waals surface area contributed by atoms with Crippen molar-refractivity contribution >= 4 is 17.6 Å². The average molecular weight is 295 g/mol. The van der Waals surface area contributed by atoms with Gasteiger partial charge >= 0.3 is 5.97 Å². The van der Waals surface area contributed by atoms with E-state index in [4.69, 9.17) is 16.3 Å². The van der Waals surface area contributed by atoms with Gasteiger partial charge in [0, 0.05) is 6.42 Å². The zero-order valence-electron chi connectivity index (χ0n) is 10.4. The Labute approximate surface area is 120 Å². The highest BCUT2D eigenvalue weighted by molar-refractivity contribution is 6.32. The van der Waals surface area contributed by atoms with Crippen LogP contribution in [-0.2, 0) is 11.2 Å². The number of carboxylic acid groups (broad SMARTS) is 1. The fraction of sp³-hybridized carbons (Fsp3) is 0.133. The first-order valence-electron chi connectivity index (χ1n) is 5.94. The number of aliphatic carboxylic acids is 1. The molecule has 0 heterocycles. The largest absolute Gasteiger partial charge is 0.478 e. The van der Waals surface area contributed by atoms with Crippen molar-refractivity contribution in [3.05, 3.63) is 64.9 Å². The van der Waals surface area contributed by atoms with E-state index in [0.29, 0.717) is 16.3 Å². The second-order valence-corrected chi connectivity index (χ2v) is 4.61. The van der Waals surface area contributed by atoms with Crippen LogP contribution in [0.5, 0.6) is 5.75 Å². The Bertz CT molecular complexity index is 598. The van der Waals surface area contributed by atoms with Gasteiger partial charge in [-0.05, 0) is 29.8 Å². The van der Waals surface area contributed by atoms with Crippen molar-refractivity contribution < 1.29 is 19.0 Å². The van der Waals surface area contributed by atoms with E-state index in [1.54, 1.807) is 24.3 Å². The Kier molecular flexibility index (Phi) is 4.58. The first-order valence-corrected chi connectivity index (χ1v) is 6.32. The third-order valence-electron chi connectivity index (χ3n) is 2.72. The van der Waals surface area contributed by atoms with Gasteiger partial charge in [-0.1, -0.05) is 35.9 Å². The maximum Gasteiger partial charge on any atom is 0.345 e. The highest BCUT2D eigenvalue weighted by atomic mass is 35.5. The van der Waals surface area contributed by atoms with Crippen LogP contribution in [0.1, 0.15) is 5.56 Å². The monoisotopic (exact) mass is 294 g/mol. The number of halogens is 2. The molecule has 0 fully saturated rings. The summed E-state index contributed by atoms with van der Waals surface area (Å²) >= 11 is 5.93. The van der Waals surface area contributed by atoms with E-state index >= 15 is 0 Å². The van der Waals surface area contributed by atoms with Crippen molar-refractivity contribution in [1.82, 2.24) is 0 Å². The van der Waals surface area contributed by atoms with E-state index in [1.807, 2.05) is 0 Å². The number of hydrogen-bond acceptors (Lipinski definition) is 2. The maximum atomic E-state index is 12.8. The van der Waals surface area contributed by atoms with Gasteiger partial charge in [-0.2, -0.15) is 0 Å². The highest BCUT2D eigenvalue weighted by Gasteiger charge is 2.21. The molecule has 0 spiro atoms. The molecule has 0 aliphatic rings. The first kappa shape index (κ1) is 14.3. The Balaban J connectivity index is 2.14. The summed E-state index contributed by atoms with van der Waals surface area (Å²) in [5.74, 6) is -1.16. The van der Waals surface area contributed by atoms with Gasteiger partial charge in [-0.15, -0.1) is 0 Å². The van der Waals surface area contributed by atoms with Crippen LogP contribution in [0.4, 0.5) is 4.39 Å². The highest BCUT2D eigenvalue weighted by Crippen LogP contribution is 2.25. The van der Waals surface area contributed by atoms with Crippen molar-refractivity contribution in [2.75, 3.05) is 0 Å². The molecule has 2 aromatic carbocycles. The van der Waals surface area contributed by atoms with Crippen molar-refractivity contribution in [2.24, 2.45) is 0 Å². The predicted octanol–water partition coefficient (Wildman–Crippen LogP) is 3.55. The number of benzene rings is 2. The fourth-order valence-electron chi connectivity index (χ4n) is 1.71. The molecule has 0 bridgehead atoms. The summed E-state index contributed by atoms with van der Waals surface area (Å²) in [5.41, 5.74) is 0.672. The van der Waals surface area contributed by atoms with Gasteiger partial charge in [0.05, 0.1) is 5.02 Å². The van der Waals surface area contributed by atoms with Gasteiger partial charge in [-0.3, -0.25) is 0 Å². The number of carbonyl (C=O) groups is 1. The predicted molar refractivity (Wildman–Crippen MR) is 73.6 cm³/mol. The number of hydrogen-bond donors (Lipinski definition) is 1. The minimum absolute atomic E-state index is 0.126. The molecule has 0 amide bonds. The van der Waals surface area contributed by atoms with E-state index in [9.17, 15) is 14.3 Å². The summed E-state index contributed by atoms with van der Waals surface area (Å²) in [7, 11) is 0. The van der Waals surface area contributed by atoms with Gasteiger partial charge in [-0.25, -0.2) is 9.18 Å². The summed E-state index contributed by atoms with van der Waals surface area (Å²) in [4.78, 5) is 11.2. The van der Waals surface area contributed by atoms with Gasteiger partial charge in [0.25, 0.3) is 0 Å². The Morgan fingerprint density at radius 2 is 1.85 bits per heavy atom.